The Hall–Kier alpha value is -0.870. The van der Waals surface area contributed by atoms with Gasteiger partial charge in [0.05, 0.1) is 6.54 Å². The third-order valence-corrected chi connectivity index (χ3v) is 3.45. The minimum atomic E-state index is 0.890. The first-order chi connectivity index (χ1) is 8.40. The van der Waals surface area contributed by atoms with Gasteiger partial charge in [0.2, 0.25) is 0 Å². The number of rotatable bonds is 7. The maximum absolute atomic E-state index is 4.35. The summed E-state index contributed by atoms with van der Waals surface area (Å²) < 4.78 is 2.19. The molecule has 1 fully saturated rings. The molecule has 1 saturated heterocycles. The summed E-state index contributed by atoms with van der Waals surface area (Å²) in [6, 6.07) is 0. The molecule has 2 heterocycles. The van der Waals surface area contributed by atoms with E-state index in [9.17, 15) is 0 Å². The van der Waals surface area contributed by atoms with Gasteiger partial charge in [-0.1, -0.05) is 0 Å². The SMILES string of the molecule is CCn1ccnc1CNCCCN1CCCC1. The lowest BCUT2D eigenvalue weighted by Crippen LogP contribution is -2.25. The second kappa shape index (κ2) is 6.77. The van der Waals surface area contributed by atoms with Gasteiger partial charge in [-0.3, -0.25) is 0 Å². The largest absolute Gasteiger partial charge is 0.334 e. The lowest BCUT2D eigenvalue weighted by molar-refractivity contribution is 0.330. The van der Waals surface area contributed by atoms with Crippen LogP contribution >= 0.6 is 0 Å². The average molecular weight is 236 g/mol. The Kier molecular flexibility index (Phi) is 5.01. The monoisotopic (exact) mass is 236 g/mol. The Morgan fingerprint density at radius 3 is 2.94 bits per heavy atom. The van der Waals surface area contributed by atoms with E-state index in [0.29, 0.717) is 0 Å². The predicted molar refractivity (Wildman–Crippen MR) is 69.9 cm³/mol. The van der Waals surface area contributed by atoms with Crippen molar-refractivity contribution in [2.24, 2.45) is 0 Å². The van der Waals surface area contributed by atoms with Crippen molar-refractivity contribution in [3.8, 4) is 0 Å². The minimum Gasteiger partial charge on any atom is -0.334 e. The third kappa shape index (κ3) is 3.82. The van der Waals surface area contributed by atoms with Crippen LogP contribution in [0.25, 0.3) is 0 Å². The smallest absolute Gasteiger partial charge is 0.122 e. The maximum Gasteiger partial charge on any atom is 0.122 e. The molecule has 2 rings (SSSR count). The van der Waals surface area contributed by atoms with Gasteiger partial charge in [-0.05, 0) is 52.4 Å². The van der Waals surface area contributed by atoms with Gasteiger partial charge in [0.1, 0.15) is 5.82 Å². The van der Waals surface area contributed by atoms with E-state index in [4.69, 9.17) is 0 Å². The van der Waals surface area contributed by atoms with Gasteiger partial charge >= 0.3 is 0 Å². The van der Waals surface area contributed by atoms with E-state index in [1.807, 2.05) is 12.4 Å². The van der Waals surface area contributed by atoms with Crippen LogP contribution in [0.5, 0.6) is 0 Å². The summed E-state index contributed by atoms with van der Waals surface area (Å²) in [7, 11) is 0. The summed E-state index contributed by atoms with van der Waals surface area (Å²) in [5.74, 6) is 1.15. The van der Waals surface area contributed by atoms with E-state index in [1.54, 1.807) is 0 Å². The highest BCUT2D eigenvalue weighted by atomic mass is 15.1. The number of nitrogens with zero attached hydrogens (tertiary/aromatic N) is 3. The molecule has 0 radical (unpaired) electrons. The fourth-order valence-electron chi connectivity index (χ4n) is 2.43. The Bertz CT molecular complexity index is 315. The molecule has 17 heavy (non-hydrogen) atoms. The lowest BCUT2D eigenvalue weighted by Gasteiger charge is -2.14. The number of hydrogen-bond acceptors (Lipinski definition) is 3. The molecule has 0 unspecified atom stereocenters. The molecule has 0 atom stereocenters. The molecule has 96 valence electrons. The van der Waals surface area contributed by atoms with Crippen molar-refractivity contribution in [1.82, 2.24) is 19.8 Å². The van der Waals surface area contributed by atoms with Crippen molar-refractivity contribution in [1.29, 1.82) is 0 Å². The van der Waals surface area contributed by atoms with Crippen molar-refractivity contribution >= 4 is 0 Å². The van der Waals surface area contributed by atoms with Crippen LogP contribution in [0.4, 0.5) is 0 Å². The Labute approximate surface area is 104 Å². The molecule has 1 aliphatic heterocycles. The summed E-state index contributed by atoms with van der Waals surface area (Å²) in [6.07, 6.45) is 7.95. The van der Waals surface area contributed by atoms with Crippen molar-refractivity contribution < 1.29 is 0 Å². The van der Waals surface area contributed by atoms with Crippen molar-refractivity contribution in [3.05, 3.63) is 18.2 Å². The molecule has 0 spiro atoms. The van der Waals surface area contributed by atoms with E-state index >= 15 is 0 Å². The second-order valence-electron chi connectivity index (χ2n) is 4.71. The van der Waals surface area contributed by atoms with E-state index in [1.165, 1.54) is 38.9 Å². The van der Waals surface area contributed by atoms with Gasteiger partial charge in [0.25, 0.3) is 0 Å². The molecule has 1 N–H and O–H groups in total. The van der Waals surface area contributed by atoms with Crippen LogP contribution in [-0.2, 0) is 13.1 Å². The zero-order valence-electron chi connectivity index (χ0n) is 10.9. The highest BCUT2D eigenvalue weighted by molar-refractivity contribution is 4.91. The molecular weight excluding hydrogens is 212 g/mol. The van der Waals surface area contributed by atoms with E-state index in [-0.39, 0.29) is 0 Å². The molecule has 4 nitrogen and oxygen atoms in total. The van der Waals surface area contributed by atoms with Crippen LogP contribution in [0, 0.1) is 0 Å². The Balaban J connectivity index is 1.56. The number of aromatic nitrogens is 2. The Morgan fingerprint density at radius 1 is 1.35 bits per heavy atom. The van der Waals surface area contributed by atoms with E-state index in [0.717, 1.165) is 25.5 Å². The minimum absolute atomic E-state index is 0.890. The van der Waals surface area contributed by atoms with Crippen LogP contribution < -0.4 is 5.32 Å². The number of likely N-dealkylation sites (tertiary alicyclic amines) is 1. The first kappa shape index (κ1) is 12.6. The first-order valence-electron chi connectivity index (χ1n) is 6.83. The fourth-order valence-corrected chi connectivity index (χ4v) is 2.43. The third-order valence-electron chi connectivity index (χ3n) is 3.45. The number of aryl methyl sites for hydroxylation is 1. The second-order valence-corrected chi connectivity index (χ2v) is 4.71. The normalized spacial score (nSPS) is 16.8. The van der Waals surface area contributed by atoms with Crippen molar-refractivity contribution in [3.63, 3.8) is 0 Å². The van der Waals surface area contributed by atoms with Gasteiger partial charge in [-0.25, -0.2) is 4.98 Å². The molecule has 0 bridgehead atoms. The van der Waals surface area contributed by atoms with Crippen LogP contribution in [0.2, 0.25) is 0 Å². The summed E-state index contributed by atoms with van der Waals surface area (Å²) >= 11 is 0. The average Bonchev–Trinajstić information content (AvgIpc) is 2.98. The summed E-state index contributed by atoms with van der Waals surface area (Å²) in [6.45, 7) is 8.99. The number of nitrogens with one attached hydrogen (secondary N) is 1. The fraction of sp³-hybridized carbons (Fsp3) is 0.769. The van der Waals surface area contributed by atoms with Crippen LogP contribution in [0.1, 0.15) is 32.0 Å². The van der Waals surface area contributed by atoms with Crippen LogP contribution in [-0.4, -0.2) is 40.6 Å². The molecule has 0 aliphatic carbocycles. The lowest BCUT2D eigenvalue weighted by atomic mass is 10.4. The van der Waals surface area contributed by atoms with Gasteiger partial charge in [0, 0.05) is 18.9 Å². The van der Waals surface area contributed by atoms with Crippen LogP contribution in [0.3, 0.4) is 0 Å². The topological polar surface area (TPSA) is 33.1 Å². The highest BCUT2D eigenvalue weighted by Gasteiger charge is 2.09. The molecule has 0 amide bonds. The standard InChI is InChI=1S/C13H24N4/c1-2-17-11-7-15-13(17)12-14-6-5-10-16-8-3-4-9-16/h7,11,14H,2-6,8-10,12H2,1H3. The van der Waals surface area contributed by atoms with Crippen LogP contribution in [0.15, 0.2) is 12.4 Å². The van der Waals surface area contributed by atoms with E-state index < -0.39 is 0 Å². The van der Waals surface area contributed by atoms with Crippen molar-refractivity contribution in [2.45, 2.75) is 39.3 Å². The summed E-state index contributed by atoms with van der Waals surface area (Å²) in [5, 5.41) is 3.48. The number of hydrogen-bond donors (Lipinski definition) is 1. The number of imidazole rings is 1. The van der Waals surface area contributed by atoms with E-state index in [2.05, 4.69) is 26.7 Å². The van der Waals surface area contributed by atoms with Gasteiger partial charge in [-0.2, -0.15) is 0 Å². The zero-order valence-corrected chi connectivity index (χ0v) is 10.9. The maximum atomic E-state index is 4.35. The molecule has 1 aliphatic rings. The molecule has 0 saturated carbocycles. The highest BCUT2D eigenvalue weighted by Crippen LogP contribution is 2.06. The van der Waals surface area contributed by atoms with Gasteiger partial charge < -0.3 is 14.8 Å². The molecular formula is C13H24N4. The predicted octanol–water partition coefficient (Wildman–Crippen LogP) is 1.48. The molecule has 1 aromatic rings. The van der Waals surface area contributed by atoms with Gasteiger partial charge in [-0.15, -0.1) is 0 Å². The molecule has 1 aromatic heterocycles. The molecule has 4 heteroatoms. The molecule has 0 aromatic carbocycles. The zero-order chi connectivity index (χ0) is 11.9. The first-order valence-corrected chi connectivity index (χ1v) is 6.83. The van der Waals surface area contributed by atoms with Gasteiger partial charge in [0.15, 0.2) is 0 Å². The quantitative estimate of drug-likeness (QED) is 0.728. The van der Waals surface area contributed by atoms with Crippen molar-refractivity contribution in [2.75, 3.05) is 26.2 Å². The Morgan fingerprint density at radius 2 is 2.18 bits per heavy atom. The summed E-state index contributed by atoms with van der Waals surface area (Å²) in [4.78, 5) is 6.92. The summed E-state index contributed by atoms with van der Waals surface area (Å²) in [5.41, 5.74) is 0.